The molecule has 1 amide bonds. The second-order valence-electron chi connectivity index (χ2n) is 4.63. The SMILES string of the molecule is CCC(=O)NCn1cccn1.O=C(O)CC(O)(CC(=O)O)C(=O)O. The molecule has 0 aliphatic heterocycles. The number of rotatable bonds is 8. The molecule has 0 saturated heterocycles. The van der Waals surface area contributed by atoms with Crippen molar-refractivity contribution in [2.45, 2.75) is 38.5 Å². The maximum absolute atomic E-state index is 10.8. The fraction of sp³-hybridized carbons (Fsp3) is 0.462. The summed E-state index contributed by atoms with van der Waals surface area (Å²) in [5.74, 6) is -4.98. The van der Waals surface area contributed by atoms with Crippen LogP contribution in [0.5, 0.6) is 0 Å². The van der Waals surface area contributed by atoms with Crippen molar-refractivity contribution in [1.29, 1.82) is 0 Å². The lowest BCUT2D eigenvalue weighted by Crippen LogP contribution is -2.42. The number of aliphatic carboxylic acids is 3. The molecule has 11 nitrogen and oxygen atoms in total. The Hall–Kier alpha value is -2.95. The molecule has 0 bridgehead atoms. The van der Waals surface area contributed by atoms with Crippen LogP contribution in [0.15, 0.2) is 18.5 Å². The van der Waals surface area contributed by atoms with Gasteiger partial charge in [0.25, 0.3) is 0 Å². The first-order valence-corrected chi connectivity index (χ1v) is 6.74. The number of amides is 1. The van der Waals surface area contributed by atoms with Crippen LogP contribution in [0.25, 0.3) is 0 Å². The van der Waals surface area contributed by atoms with E-state index in [9.17, 15) is 19.2 Å². The van der Waals surface area contributed by atoms with Gasteiger partial charge in [0.2, 0.25) is 5.91 Å². The molecule has 0 aliphatic carbocycles. The second-order valence-corrected chi connectivity index (χ2v) is 4.63. The molecule has 0 unspecified atom stereocenters. The van der Waals surface area contributed by atoms with Crippen LogP contribution < -0.4 is 5.32 Å². The summed E-state index contributed by atoms with van der Waals surface area (Å²) in [6.07, 6.45) is 1.71. The van der Waals surface area contributed by atoms with Gasteiger partial charge >= 0.3 is 17.9 Å². The van der Waals surface area contributed by atoms with Gasteiger partial charge in [0.15, 0.2) is 5.60 Å². The van der Waals surface area contributed by atoms with Crippen LogP contribution in [0.1, 0.15) is 26.2 Å². The summed E-state index contributed by atoms with van der Waals surface area (Å²) in [6.45, 7) is 2.28. The van der Waals surface area contributed by atoms with E-state index >= 15 is 0 Å². The molecule has 0 aromatic carbocycles. The van der Waals surface area contributed by atoms with Crippen molar-refractivity contribution in [3.8, 4) is 0 Å². The zero-order valence-electron chi connectivity index (χ0n) is 12.9. The molecule has 0 saturated carbocycles. The van der Waals surface area contributed by atoms with Crippen molar-refractivity contribution in [1.82, 2.24) is 15.1 Å². The highest BCUT2D eigenvalue weighted by Crippen LogP contribution is 2.15. The minimum Gasteiger partial charge on any atom is -0.481 e. The van der Waals surface area contributed by atoms with Gasteiger partial charge in [0.1, 0.15) is 6.67 Å². The van der Waals surface area contributed by atoms with E-state index in [1.54, 1.807) is 17.1 Å². The topological polar surface area (TPSA) is 179 Å². The number of carboxylic acid groups (broad SMARTS) is 3. The number of aliphatic hydroxyl groups is 1. The summed E-state index contributed by atoms with van der Waals surface area (Å²) in [6, 6.07) is 1.82. The third-order valence-corrected chi connectivity index (χ3v) is 2.60. The van der Waals surface area contributed by atoms with Gasteiger partial charge in [-0.2, -0.15) is 5.10 Å². The Labute approximate surface area is 136 Å². The lowest BCUT2D eigenvalue weighted by Gasteiger charge is -2.18. The first-order chi connectivity index (χ1) is 11.1. The number of hydrogen-bond acceptors (Lipinski definition) is 6. The summed E-state index contributed by atoms with van der Waals surface area (Å²) >= 11 is 0. The number of carboxylic acids is 3. The Morgan fingerprint density at radius 2 is 1.67 bits per heavy atom. The number of carbonyl (C=O) groups is 4. The van der Waals surface area contributed by atoms with Crippen molar-refractivity contribution in [3.63, 3.8) is 0 Å². The van der Waals surface area contributed by atoms with Crippen LogP contribution in [0, 0.1) is 0 Å². The largest absolute Gasteiger partial charge is 0.481 e. The molecule has 5 N–H and O–H groups in total. The molecule has 0 radical (unpaired) electrons. The molecule has 0 spiro atoms. The fourth-order valence-electron chi connectivity index (χ4n) is 1.40. The Kier molecular flexibility index (Phi) is 8.72. The average Bonchev–Trinajstić information content (AvgIpc) is 2.96. The highest BCUT2D eigenvalue weighted by Gasteiger charge is 2.40. The number of carbonyl (C=O) groups excluding carboxylic acids is 1. The minimum absolute atomic E-state index is 0.0421. The molecular weight excluding hydrogens is 326 g/mol. The molecule has 11 heteroatoms. The van der Waals surface area contributed by atoms with Crippen molar-refractivity contribution in [2.24, 2.45) is 0 Å². The van der Waals surface area contributed by atoms with E-state index in [0.29, 0.717) is 13.1 Å². The molecule has 0 atom stereocenters. The lowest BCUT2D eigenvalue weighted by molar-refractivity contribution is -0.170. The zero-order chi connectivity index (χ0) is 18.8. The zero-order valence-corrected chi connectivity index (χ0v) is 12.9. The van der Waals surface area contributed by atoms with E-state index in [4.69, 9.17) is 20.4 Å². The maximum Gasteiger partial charge on any atom is 0.336 e. The predicted molar refractivity (Wildman–Crippen MR) is 77.8 cm³/mol. The molecule has 134 valence electrons. The monoisotopic (exact) mass is 345 g/mol. The summed E-state index contributed by atoms with van der Waals surface area (Å²) < 4.78 is 1.66. The van der Waals surface area contributed by atoms with E-state index in [2.05, 4.69) is 10.4 Å². The van der Waals surface area contributed by atoms with E-state index in [1.165, 1.54) is 0 Å². The number of nitrogens with zero attached hydrogens (tertiary/aromatic N) is 2. The minimum atomic E-state index is -2.74. The third kappa shape index (κ3) is 8.48. The van der Waals surface area contributed by atoms with Gasteiger partial charge < -0.3 is 25.7 Å². The normalized spacial score (nSPS) is 10.2. The molecule has 1 aromatic heterocycles. The van der Waals surface area contributed by atoms with Crippen LogP contribution in [0.4, 0.5) is 0 Å². The van der Waals surface area contributed by atoms with Crippen molar-refractivity contribution in [3.05, 3.63) is 18.5 Å². The van der Waals surface area contributed by atoms with E-state index in [-0.39, 0.29) is 5.91 Å². The summed E-state index contributed by atoms with van der Waals surface area (Å²) in [4.78, 5) is 41.2. The summed E-state index contributed by atoms with van der Waals surface area (Å²) in [7, 11) is 0. The van der Waals surface area contributed by atoms with Crippen molar-refractivity contribution < 1.29 is 39.6 Å². The van der Waals surface area contributed by atoms with Gasteiger partial charge in [-0.1, -0.05) is 6.92 Å². The first-order valence-electron chi connectivity index (χ1n) is 6.74. The van der Waals surface area contributed by atoms with Crippen molar-refractivity contribution in [2.75, 3.05) is 0 Å². The Bertz CT molecular complexity index is 554. The molecule has 1 aromatic rings. The molecule has 0 aliphatic rings. The summed E-state index contributed by atoms with van der Waals surface area (Å²) in [5, 5.41) is 40.4. The van der Waals surface area contributed by atoms with Gasteiger partial charge in [-0.15, -0.1) is 0 Å². The molecule has 24 heavy (non-hydrogen) atoms. The van der Waals surface area contributed by atoms with Crippen LogP contribution in [-0.2, 0) is 25.8 Å². The van der Waals surface area contributed by atoms with E-state index in [0.717, 1.165) is 0 Å². The average molecular weight is 345 g/mol. The molecule has 0 fully saturated rings. The Morgan fingerprint density at radius 1 is 1.12 bits per heavy atom. The highest BCUT2D eigenvalue weighted by atomic mass is 16.4. The van der Waals surface area contributed by atoms with Gasteiger partial charge in [-0.25, -0.2) is 4.79 Å². The second kappa shape index (κ2) is 9.94. The van der Waals surface area contributed by atoms with E-state index < -0.39 is 36.4 Å². The predicted octanol–water partition coefficient (Wildman–Crippen LogP) is -0.882. The quantitative estimate of drug-likeness (QED) is 0.400. The number of hydrogen-bond donors (Lipinski definition) is 5. The lowest BCUT2D eigenvalue weighted by atomic mass is 9.96. The maximum atomic E-state index is 10.8. The fourth-order valence-corrected chi connectivity index (χ4v) is 1.40. The van der Waals surface area contributed by atoms with Crippen LogP contribution in [0.2, 0.25) is 0 Å². The van der Waals surface area contributed by atoms with Gasteiger partial charge in [0.05, 0.1) is 12.8 Å². The molecular formula is C13H19N3O8. The van der Waals surface area contributed by atoms with Crippen LogP contribution in [0.3, 0.4) is 0 Å². The standard InChI is InChI=1S/C7H11N3O.C6H8O7/c1-2-7(11)8-6-10-5-3-4-9-10;7-3(8)1-6(13,5(11)12)2-4(9)10/h3-5H,2,6H2,1H3,(H,8,11);13H,1-2H2,(H,7,8)(H,9,10)(H,11,12). The Balaban J connectivity index is 0.000000446. The highest BCUT2D eigenvalue weighted by molar-refractivity contribution is 5.88. The number of aromatic nitrogens is 2. The number of nitrogens with one attached hydrogen (secondary N) is 1. The Morgan fingerprint density at radius 3 is 2.00 bits per heavy atom. The summed E-state index contributed by atoms with van der Waals surface area (Å²) in [5.41, 5.74) is -2.74. The van der Waals surface area contributed by atoms with Crippen molar-refractivity contribution >= 4 is 23.8 Å². The van der Waals surface area contributed by atoms with Gasteiger partial charge in [0, 0.05) is 18.8 Å². The third-order valence-electron chi connectivity index (χ3n) is 2.60. The smallest absolute Gasteiger partial charge is 0.336 e. The van der Waals surface area contributed by atoms with Crippen LogP contribution >= 0.6 is 0 Å². The van der Waals surface area contributed by atoms with E-state index in [1.807, 2.05) is 13.0 Å². The van der Waals surface area contributed by atoms with Gasteiger partial charge in [-0.05, 0) is 6.07 Å². The molecule has 1 heterocycles. The molecule has 1 rings (SSSR count). The van der Waals surface area contributed by atoms with Crippen LogP contribution in [-0.4, -0.2) is 59.6 Å². The first kappa shape index (κ1) is 21.0. The van der Waals surface area contributed by atoms with Gasteiger partial charge in [-0.3, -0.25) is 19.1 Å².